The second-order valence-corrected chi connectivity index (χ2v) is 6.38. The van der Waals surface area contributed by atoms with Gasteiger partial charge in [0.05, 0.1) is 21.9 Å². The molecule has 0 N–H and O–H groups in total. The lowest BCUT2D eigenvalue weighted by Crippen LogP contribution is -1.80. The van der Waals surface area contributed by atoms with Gasteiger partial charge in [-0.15, -0.1) is 5.10 Å². The summed E-state index contributed by atoms with van der Waals surface area (Å²) < 4.78 is 2.78. The molecule has 0 saturated carbocycles. The lowest BCUT2D eigenvalue weighted by atomic mass is 10.2. The summed E-state index contributed by atoms with van der Waals surface area (Å²) in [4.78, 5) is 5.40. The summed E-state index contributed by atoms with van der Waals surface area (Å²) in [5.41, 5.74) is 1.78. The molecule has 0 saturated heterocycles. The van der Waals surface area contributed by atoms with Gasteiger partial charge in [-0.05, 0) is 18.4 Å². The van der Waals surface area contributed by atoms with E-state index in [1.54, 1.807) is 33.7 Å². The third-order valence-electron chi connectivity index (χ3n) is 2.41. The molecular formula is C11H7Cl2N3S2. The lowest BCUT2D eigenvalue weighted by Gasteiger charge is -1.98. The Morgan fingerprint density at radius 2 is 2.11 bits per heavy atom. The molecular weight excluding hydrogens is 309 g/mol. The number of hydrogen-bond donors (Lipinski definition) is 0. The normalized spacial score (nSPS) is 11.3. The van der Waals surface area contributed by atoms with Crippen LogP contribution in [0.15, 0.2) is 28.7 Å². The van der Waals surface area contributed by atoms with Gasteiger partial charge in [0.2, 0.25) is 4.96 Å². The molecule has 0 unspecified atom stereocenters. The van der Waals surface area contributed by atoms with Crippen LogP contribution in [0.25, 0.3) is 16.2 Å². The molecule has 3 rings (SSSR count). The van der Waals surface area contributed by atoms with Crippen LogP contribution in [0.5, 0.6) is 0 Å². The van der Waals surface area contributed by atoms with E-state index in [0.717, 1.165) is 20.6 Å². The van der Waals surface area contributed by atoms with Gasteiger partial charge in [0.25, 0.3) is 0 Å². The maximum Gasteiger partial charge on any atom is 0.213 e. The summed E-state index contributed by atoms with van der Waals surface area (Å²) in [6.45, 7) is 0. The van der Waals surface area contributed by atoms with Gasteiger partial charge in [0, 0.05) is 5.56 Å². The molecule has 0 atom stereocenters. The molecule has 0 spiro atoms. The molecule has 0 aliphatic carbocycles. The molecule has 1 aromatic carbocycles. The molecule has 0 bridgehead atoms. The number of rotatable bonds is 2. The van der Waals surface area contributed by atoms with Crippen LogP contribution in [0.2, 0.25) is 10.0 Å². The highest BCUT2D eigenvalue weighted by molar-refractivity contribution is 8.00. The first-order chi connectivity index (χ1) is 8.67. The highest BCUT2D eigenvalue weighted by atomic mass is 35.5. The number of benzene rings is 1. The van der Waals surface area contributed by atoms with Crippen molar-refractivity contribution in [3.63, 3.8) is 0 Å². The molecule has 0 radical (unpaired) electrons. The summed E-state index contributed by atoms with van der Waals surface area (Å²) in [6, 6.07) is 5.48. The number of nitrogens with zero attached hydrogens (tertiary/aromatic N) is 3. The fraction of sp³-hybridized carbons (Fsp3) is 0.0909. The summed E-state index contributed by atoms with van der Waals surface area (Å²) in [5, 5.41) is 5.47. The van der Waals surface area contributed by atoms with Gasteiger partial charge in [-0.25, -0.2) is 9.50 Å². The Kier molecular flexibility index (Phi) is 3.23. The highest BCUT2D eigenvalue weighted by Gasteiger charge is 2.10. The number of aromatic nitrogens is 3. The monoisotopic (exact) mass is 315 g/mol. The first-order valence-electron chi connectivity index (χ1n) is 5.03. The van der Waals surface area contributed by atoms with Gasteiger partial charge in [-0.2, -0.15) is 0 Å². The topological polar surface area (TPSA) is 30.2 Å². The number of halogens is 2. The van der Waals surface area contributed by atoms with Crippen LogP contribution in [0.1, 0.15) is 0 Å². The minimum absolute atomic E-state index is 0.531. The van der Waals surface area contributed by atoms with E-state index < -0.39 is 0 Å². The fourth-order valence-electron chi connectivity index (χ4n) is 1.56. The van der Waals surface area contributed by atoms with Crippen LogP contribution in [-0.2, 0) is 0 Å². The first kappa shape index (κ1) is 12.3. The summed E-state index contributed by atoms with van der Waals surface area (Å²) in [7, 11) is 0. The Bertz CT molecular complexity index is 689. The third-order valence-corrected chi connectivity index (χ3v) is 5.05. The average Bonchev–Trinajstić information content (AvgIpc) is 2.90. The largest absolute Gasteiger partial charge is 0.217 e. The zero-order valence-corrected chi connectivity index (χ0v) is 12.4. The van der Waals surface area contributed by atoms with E-state index in [1.807, 2.05) is 24.6 Å². The van der Waals surface area contributed by atoms with Crippen LogP contribution >= 0.6 is 46.3 Å². The van der Waals surface area contributed by atoms with Gasteiger partial charge in [0.1, 0.15) is 0 Å². The Morgan fingerprint density at radius 3 is 2.78 bits per heavy atom. The van der Waals surface area contributed by atoms with Crippen molar-refractivity contribution in [3.8, 4) is 11.3 Å². The summed E-state index contributed by atoms with van der Waals surface area (Å²) in [5.74, 6) is 0. The van der Waals surface area contributed by atoms with Crippen molar-refractivity contribution >= 4 is 51.3 Å². The van der Waals surface area contributed by atoms with Crippen molar-refractivity contribution < 1.29 is 0 Å². The molecule has 3 aromatic rings. The van der Waals surface area contributed by atoms with Crippen LogP contribution in [0.4, 0.5) is 0 Å². The van der Waals surface area contributed by atoms with Crippen LogP contribution < -0.4 is 0 Å². The quantitative estimate of drug-likeness (QED) is 0.653. The minimum Gasteiger partial charge on any atom is -0.217 e. The van der Waals surface area contributed by atoms with Crippen molar-refractivity contribution in [3.05, 3.63) is 34.4 Å². The standard InChI is InChI=1S/C11H7Cl2N3S2/c1-17-11-15-16-5-9(14-10(16)18-11)6-2-3-7(12)8(13)4-6/h2-5H,1H3. The zero-order chi connectivity index (χ0) is 12.7. The molecule has 3 nitrogen and oxygen atoms in total. The van der Waals surface area contributed by atoms with Gasteiger partial charge >= 0.3 is 0 Å². The van der Waals surface area contributed by atoms with Crippen molar-refractivity contribution in [1.29, 1.82) is 0 Å². The molecule has 2 heterocycles. The van der Waals surface area contributed by atoms with Crippen molar-refractivity contribution in [2.45, 2.75) is 4.34 Å². The summed E-state index contributed by atoms with van der Waals surface area (Å²) in [6.07, 6.45) is 3.89. The summed E-state index contributed by atoms with van der Waals surface area (Å²) >= 11 is 15.1. The van der Waals surface area contributed by atoms with E-state index in [0.29, 0.717) is 10.0 Å². The molecule has 0 fully saturated rings. The predicted molar refractivity (Wildman–Crippen MR) is 78.1 cm³/mol. The van der Waals surface area contributed by atoms with Crippen molar-refractivity contribution in [2.24, 2.45) is 0 Å². The van der Waals surface area contributed by atoms with Crippen molar-refractivity contribution in [1.82, 2.24) is 14.6 Å². The molecule has 7 heteroatoms. The molecule has 0 amide bonds. The van der Waals surface area contributed by atoms with E-state index in [1.165, 1.54) is 0 Å². The SMILES string of the molecule is CSc1nn2cc(-c3ccc(Cl)c(Cl)c3)nc2s1. The van der Waals surface area contributed by atoms with Crippen LogP contribution in [-0.4, -0.2) is 20.9 Å². The van der Waals surface area contributed by atoms with Gasteiger partial charge in [0.15, 0.2) is 4.34 Å². The second-order valence-electron chi connectivity index (χ2n) is 3.55. The van der Waals surface area contributed by atoms with E-state index >= 15 is 0 Å². The Balaban J connectivity index is 2.07. The van der Waals surface area contributed by atoms with E-state index in [9.17, 15) is 0 Å². The smallest absolute Gasteiger partial charge is 0.213 e. The molecule has 2 aromatic heterocycles. The second kappa shape index (κ2) is 4.74. The maximum atomic E-state index is 6.00. The van der Waals surface area contributed by atoms with Crippen LogP contribution in [0.3, 0.4) is 0 Å². The lowest BCUT2D eigenvalue weighted by molar-refractivity contribution is 0.916. The van der Waals surface area contributed by atoms with E-state index in [-0.39, 0.29) is 0 Å². The van der Waals surface area contributed by atoms with Gasteiger partial charge < -0.3 is 0 Å². The zero-order valence-electron chi connectivity index (χ0n) is 9.22. The maximum absolute atomic E-state index is 6.00. The highest BCUT2D eigenvalue weighted by Crippen LogP contribution is 2.30. The van der Waals surface area contributed by atoms with E-state index in [2.05, 4.69) is 10.1 Å². The molecule has 0 aliphatic heterocycles. The number of fused-ring (bicyclic) bond motifs is 1. The first-order valence-corrected chi connectivity index (χ1v) is 7.83. The van der Waals surface area contributed by atoms with Gasteiger partial charge in [-0.1, -0.05) is 52.4 Å². The minimum atomic E-state index is 0.531. The Hall–Kier alpha value is -0.750. The van der Waals surface area contributed by atoms with E-state index in [4.69, 9.17) is 23.2 Å². The van der Waals surface area contributed by atoms with Gasteiger partial charge in [-0.3, -0.25) is 0 Å². The molecule has 18 heavy (non-hydrogen) atoms. The number of hydrogen-bond acceptors (Lipinski definition) is 4. The Labute approximate surface area is 122 Å². The molecule has 0 aliphatic rings. The number of imidazole rings is 1. The van der Waals surface area contributed by atoms with Crippen LogP contribution in [0, 0.1) is 0 Å². The fourth-order valence-corrected chi connectivity index (χ4v) is 3.20. The Morgan fingerprint density at radius 1 is 1.28 bits per heavy atom. The average molecular weight is 316 g/mol. The predicted octanol–water partition coefficient (Wildman–Crippen LogP) is 4.49. The van der Waals surface area contributed by atoms with Crippen molar-refractivity contribution in [2.75, 3.05) is 6.26 Å². The molecule has 92 valence electrons. The third kappa shape index (κ3) is 2.12. The number of thioether (sulfide) groups is 1.